The first-order chi connectivity index (χ1) is 7.73. The van der Waals surface area contributed by atoms with Crippen LogP contribution in [0, 0.1) is 23.2 Å². The molecule has 0 N–H and O–H groups in total. The van der Waals surface area contributed by atoms with E-state index in [1.54, 1.807) is 0 Å². The van der Waals surface area contributed by atoms with Gasteiger partial charge >= 0.3 is 0 Å². The van der Waals surface area contributed by atoms with Crippen molar-refractivity contribution < 1.29 is 9.59 Å². The molecule has 0 amide bonds. The van der Waals surface area contributed by atoms with E-state index in [0.717, 1.165) is 25.7 Å². The number of carbonyl (C=O) groups excluding carboxylic acids is 2. The zero-order chi connectivity index (χ0) is 13.2. The molecule has 0 aliphatic heterocycles. The molecular weight excluding hydrogens is 212 g/mol. The van der Waals surface area contributed by atoms with Gasteiger partial charge in [0.05, 0.1) is 0 Å². The van der Waals surface area contributed by atoms with Gasteiger partial charge in [0.2, 0.25) is 0 Å². The maximum atomic E-state index is 12.2. The SMILES string of the molecule is CC(C)C(=O)[C@@H]1CCC[C@H](C(=O)C(C)(C)C)C1. The highest BCUT2D eigenvalue weighted by Crippen LogP contribution is 2.35. The van der Waals surface area contributed by atoms with Gasteiger partial charge in [0, 0.05) is 23.2 Å². The van der Waals surface area contributed by atoms with Crippen molar-refractivity contribution in [2.45, 2.75) is 60.3 Å². The molecule has 1 aliphatic carbocycles. The van der Waals surface area contributed by atoms with Gasteiger partial charge in [0.25, 0.3) is 0 Å². The van der Waals surface area contributed by atoms with Crippen molar-refractivity contribution in [3.8, 4) is 0 Å². The highest BCUT2D eigenvalue weighted by molar-refractivity contribution is 5.88. The number of carbonyl (C=O) groups is 2. The zero-order valence-electron chi connectivity index (χ0n) is 11.9. The van der Waals surface area contributed by atoms with E-state index in [1.165, 1.54) is 0 Å². The Hall–Kier alpha value is -0.660. The minimum absolute atomic E-state index is 0.100. The molecule has 1 aliphatic rings. The van der Waals surface area contributed by atoms with Gasteiger partial charge in [-0.25, -0.2) is 0 Å². The van der Waals surface area contributed by atoms with Gasteiger partial charge in [-0.05, 0) is 19.3 Å². The molecule has 2 atom stereocenters. The fourth-order valence-corrected chi connectivity index (χ4v) is 2.77. The highest BCUT2D eigenvalue weighted by atomic mass is 16.1. The number of hydrogen-bond donors (Lipinski definition) is 0. The van der Waals surface area contributed by atoms with Crippen LogP contribution in [0.4, 0.5) is 0 Å². The molecule has 0 bridgehead atoms. The van der Waals surface area contributed by atoms with Gasteiger partial charge in [-0.15, -0.1) is 0 Å². The van der Waals surface area contributed by atoms with E-state index in [1.807, 2.05) is 34.6 Å². The van der Waals surface area contributed by atoms with Gasteiger partial charge in [-0.1, -0.05) is 41.0 Å². The summed E-state index contributed by atoms with van der Waals surface area (Å²) in [6, 6.07) is 0. The molecule has 0 heterocycles. The Morgan fingerprint density at radius 2 is 1.59 bits per heavy atom. The predicted octanol–water partition coefficient (Wildman–Crippen LogP) is 3.63. The maximum Gasteiger partial charge on any atom is 0.141 e. The van der Waals surface area contributed by atoms with E-state index in [-0.39, 0.29) is 23.2 Å². The molecule has 2 nitrogen and oxygen atoms in total. The monoisotopic (exact) mass is 238 g/mol. The predicted molar refractivity (Wildman–Crippen MR) is 69.8 cm³/mol. The maximum absolute atomic E-state index is 12.2. The van der Waals surface area contributed by atoms with Crippen LogP contribution in [-0.4, -0.2) is 11.6 Å². The second-order valence-electron chi connectivity index (χ2n) is 6.73. The average Bonchev–Trinajstić information content (AvgIpc) is 2.25. The van der Waals surface area contributed by atoms with Crippen LogP contribution in [0.3, 0.4) is 0 Å². The van der Waals surface area contributed by atoms with Gasteiger partial charge in [0.15, 0.2) is 0 Å². The fourth-order valence-electron chi connectivity index (χ4n) is 2.77. The summed E-state index contributed by atoms with van der Waals surface area (Å²) in [5.74, 6) is 1.01. The Labute approximate surface area is 105 Å². The van der Waals surface area contributed by atoms with Gasteiger partial charge in [0.1, 0.15) is 11.6 Å². The number of rotatable bonds is 3. The molecule has 0 unspecified atom stereocenters. The Bertz CT molecular complexity index is 297. The lowest BCUT2D eigenvalue weighted by molar-refractivity contribution is -0.134. The first-order valence-corrected chi connectivity index (χ1v) is 6.81. The van der Waals surface area contributed by atoms with Crippen molar-refractivity contribution in [2.24, 2.45) is 23.2 Å². The molecule has 2 heteroatoms. The van der Waals surface area contributed by atoms with Gasteiger partial charge in [-0.3, -0.25) is 9.59 Å². The van der Waals surface area contributed by atoms with Crippen LogP contribution < -0.4 is 0 Å². The molecule has 0 aromatic heterocycles. The largest absolute Gasteiger partial charge is 0.299 e. The fraction of sp³-hybridized carbons (Fsp3) is 0.867. The summed E-state index contributed by atoms with van der Waals surface area (Å²) in [5, 5.41) is 0. The van der Waals surface area contributed by atoms with Crippen LogP contribution >= 0.6 is 0 Å². The summed E-state index contributed by atoms with van der Waals surface area (Å²) in [6.07, 6.45) is 3.76. The van der Waals surface area contributed by atoms with Crippen LogP contribution in [0.2, 0.25) is 0 Å². The zero-order valence-corrected chi connectivity index (χ0v) is 11.9. The van der Waals surface area contributed by atoms with Crippen LogP contribution in [0.1, 0.15) is 60.3 Å². The molecule has 0 aromatic rings. The summed E-state index contributed by atoms with van der Waals surface area (Å²) < 4.78 is 0. The van der Waals surface area contributed by atoms with Crippen LogP contribution in [0.25, 0.3) is 0 Å². The van der Waals surface area contributed by atoms with E-state index in [4.69, 9.17) is 0 Å². The summed E-state index contributed by atoms with van der Waals surface area (Å²) >= 11 is 0. The third-order valence-electron chi connectivity index (χ3n) is 3.76. The van der Waals surface area contributed by atoms with Gasteiger partial charge in [-0.2, -0.15) is 0 Å². The molecule has 0 saturated heterocycles. The van der Waals surface area contributed by atoms with Crippen molar-refractivity contribution in [1.82, 2.24) is 0 Å². The third-order valence-corrected chi connectivity index (χ3v) is 3.76. The van der Waals surface area contributed by atoms with E-state index in [9.17, 15) is 9.59 Å². The summed E-state index contributed by atoms with van der Waals surface area (Å²) in [4.78, 5) is 24.3. The Kier molecular flexibility index (Phi) is 4.51. The number of Topliss-reactive ketones (excluding diaryl/α,β-unsaturated/α-hetero) is 2. The molecule has 0 spiro atoms. The van der Waals surface area contributed by atoms with Crippen LogP contribution in [-0.2, 0) is 9.59 Å². The van der Waals surface area contributed by atoms with Crippen molar-refractivity contribution in [3.05, 3.63) is 0 Å². The molecular formula is C15H26O2. The molecule has 1 rings (SSSR count). The molecule has 0 radical (unpaired) electrons. The Morgan fingerprint density at radius 3 is 2.06 bits per heavy atom. The first-order valence-electron chi connectivity index (χ1n) is 6.81. The van der Waals surface area contributed by atoms with Crippen molar-refractivity contribution >= 4 is 11.6 Å². The minimum atomic E-state index is -0.270. The first kappa shape index (κ1) is 14.4. The molecule has 1 fully saturated rings. The lowest BCUT2D eigenvalue weighted by Crippen LogP contribution is -2.34. The summed E-state index contributed by atoms with van der Waals surface area (Å²) in [7, 11) is 0. The second-order valence-corrected chi connectivity index (χ2v) is 6.73. The van der Waals surface area contributed by atoms with Crippen molar-refractivity contribution in [2.75, 3.05) is 0 Å². The summed E-state index contributed by atoms with van der Waals surface area (Å²) in [5.41, 5.74) is -0.270. The quantitative estimate of drug-likeness (QED) is 0.752. The summed E-state index contributed by atoms with van der Waals surface area (Å²) in [6.45, 7) is 9.84. The molecule has 0 aromatic carbocycles. The molecule has 17 heavy (non-hydrogen) atoms. The van der Waals surface area contributed by atoms with E-state index in [0.29, 0.717) is 11.6 Å². The number of hydrogen-bond acceptors (Lipinski definition) is 2. The Balaban J connectivity index is 2.67. The van der Waals surface area contributed by atoms with Crippen molar-refractivity contribution in [3.63, 3.8) is 0 Å². The van der Waals surface area contributed by atoms with Crippen LogP contribution in [0.15, 0.2) is 0 Å². The number of ketones is 2. The van der Waals surface area contributed by atoms with Gasteiger partial charge < -0.3 is 0 Å². The van der Waals surface area contributed by atoms with Crippen LogP contribution in [0.5, 0.6) is 0 Å². The third kappa shape index (κ3) is 3.65. The highest BCUT2D eigenvalue weighted by Gasteiger charge is 2.35. The van der Waals surface area contributed by atoms with E-state index < -0.39 is 0 Å². The normalized spacial score (nSPS) is 26.0. The lowest BCUT2D eigenvalue weighted by atomic mass is 9.71. The van der Waals surface area contributed by atoms with E-state index in [2.05, 4.69) is 0 Å². The topological polar surface area (TPSA) is 34.1 Å². The minimum Gasteiger partial charge on any atom is -0.299 e. The van der Waals surface area contributed by atoms with E-state index >= 15 is 0 Å². The molecule has 1 saturated carbocycles. The molecule has 98 valence electrons. The lowest BCUT2D eigenvalue weighted by Gasteiger charge is -2.32. The Morgan fingerprint density at radius 1 is 1.06 bits per heavy atom. The average molecular weight is 238 g/mol. The smallest absolute Gasteiger partial charge is 0.141 e. The standard InChI is InChI=1S/C15H26O2/c1-10(2)13(16)11-7-6-8-12(9-11)14(17)15(3,4)5/h10-12H,6-9H2,1-5H3/t11-,12+/m1/s1. The van der Waals surface area contributed by atoms with Crippen molar-refractivity contribution in [1.29, 1.82) is 0 Å². The second kappa shape index (κ2) is 5.32.